The van der Waals surface area contributed by atoms with E-state index in [0.717, 1.165) is 12.8 Å². The Morgan fingerprint density at radius 2 is 2.11 bits per heavy atom. The van der Waals surface area contributed by atoms with Gasteiger partial charge in [0.25, 0.3) is 0 Å². The number of phenols is 1. The van der Waals surface area contributed by atoms with Crippen molar-refractivity contribution in [1.82, 2.24) is 0 Å². The van der Waals surface area contributed by atoms with Gasteiger partial charge >= 0.3 is 0 Å². The van der Waals surface area contributed by atoms with E-state index in [1.807, 2.05) is 0 Å². The van der Waals surface area contributed by atoms with E-state index in [9.17, 15) is 9.90 Å². The van der Waals surface area contributed by atoms with Crippen molar-refractivity contribution in [3.05, 3.63) is 22.7 Å². The molecular weight excluding hydrogens is 254 g/mol. The number of benzene rings is 1. The van der Waals surface area contributed by atoms with Crippen LogP contribution < -0.4 is 4.74 Å². The largest absolute Gasteiger partial charge is 0.504 e. The third-order valence-electron chi connectivity index (χ3n) is 3.45. The molecule has 2 rings (SSSR count). The van der Waals surface area contributed by atoms with Crippen molar-refractivity contribution in [2.24, 2.45) is 4.99 Å². The number of rotatable bonds is 3. The number of isocyanates is 1. The van der Waals surface area contributed by atoms with Gasteiger partial charge in [-0.1, -0.05) is 24.4 Å². The van der Waals surface area contributed by atoms with E-state index in [1.54, 1.807) is 12.1 Å². The van der Waals surface area contributed by atoms with E-state index in [4.69, 9.17) is 16.3 Å². The van der Waals surface area contributed by atoms with Gasteiger partial charge in [-0.05, 0) is 18.9 Å². The van der Waals surface area contributed by atoms with Crippen LogP contribution in [0, 0.1) is 0 Å². The molecule has 0 aliphatic heterocycles. The Morgan fingerprint density at radius 1 is 1.44 bits per heavy atom. The standard InChI is InChI=1S/C13H14ClNO3/c1-18-11-7-9(14)6-10(12(11)17)13(15-8-16)4-2-3-5-13/h6-7,17H,2-5H2,1H3. The van der Waals surface area contributed by atoms with Gasteiger partial charge in [0.15, 0.2) is 11.5 Å². The molecule has 1 fully saturated rings. The lowest BCUT2D eigenvalue weighted by Gasteiger charge is -2.24. The van der Waals surface area contributed by atoms with Crippen molar-refractivity contribution < 1.29 is 14.6 Å². The van der Waals surface area contributed by atoms with E-state index in [2.05, 4.69) is 4.99 Å². The fraction of sp³-hybridized carbons (Fsp3) is 0.462. The number of hydrogen-bond acceptors (Lipinski definition) is 4. The average Bonchev–Trinajstić information content (AvgIpc) is 2.81. The molecule has 1 aliphatic carbocycles. The molecule has 0 aromatic heterocycles. The quantitative estimate of drug-likeness (QED) is 0.676. The molecule has 0 amide bonds. The summed E-state index contributed by atoms with van der Waals surface area (Å²) >= 11 is 6.01. The van der Waals surface area contributed by atoms with Crippen molar-refractivity contribution in [2.75, 3.05) is 7.11 Å². The minimum atomic E-state index is -0.704. The molecule has 1 N–H and O–H groups in total. The third-order valence-corrected chi connectivity index (χ3v) is 3.67. The fourth-order valence-electron chi connectivity index (χ4n) is 2.57. The Hall–Kier alpha value is -1.51. The molecule has 0 bridgehead atoms. The molecule has 0 heterocycles. The lowest BCUT2D eigenvalue weighted by Crippen LogP contribution is -2.19. The highest BCUT2D eigenvalue weighted by atomic mass is 35.5. The van der Waals surface area contributed by atoms with Crippen LogP contribution in [0.2, 0.25) is 5.02 Å². The highest BCUT2D eigenvalue weighted by Gasteiger charge is 2.38. The normalized spacial score (nSPS) is 17.2. The third kappa shape index (κ3) is 2.09. The summed E-state index contributed by atoms with van der Waals surface area (Å²) in [7, 11) is 1.46. The number of ether oxygens (including phenoxy) is 1. The first-order valence-electron chi connectivity index (χ1n) is 5.79. The molecule has 18 heavy (non-hydrogen) atoms. The van der Waals surface area contributed by atoms with Crippen LogP contribution in [0.5, 0.6) is 11.5 Å². The molecule has 0 saturated heterocycles. The Bertz CT molecular complexity index is 503. The highest BCUT2D eigenvalue weighted by molar-refractivity contribution is 6.30. The number of methoxy groups -OCH3 is 1. The van der Waals surface area contributed by atoms with Crippen LogP contribution in [0.1, 0.15) is 31.2 Å². The zero-order valence-corrected chi connectivity index (χ0v) is 10.8. The summed E-state index contributed by atoms with van der Waals surface area (Å²) in [6.45, 7) is 0. The van der Waals surface area contributed by atoms with E-state index in [1.165, 1.54) is 13.2 Å². The number of aromatic hydroxyl groups is 1. The first-order chi connectivity index (χ1) is 8.63. The summed E-state index contributed by atoms with van der Waals surface area (Å²) in [6, 6.07) is 3.18. The predicted molar refractivity (Wildman–Crippen MR) is 67.9 cm³/mol. The van der Waals surface area contributed by atoms with Gasteiger partial charge in [-0.15, -0.1) is 0 Å². The number of halogens is 1. The second-order valence-electron chi connectivity index (χ2n) is 4.45. The number of carbonyl (C=O) groups excluding carboxylic acids is 1. The zero-order chi connectivity index (χ0) is 13.2. The lowest BCUT2D eigenvalue weighted by atomic mass is 9.88. The molecule has 0 spiro atoms. The maximum atomic E-state index is 10.7. The molecule has 1 aromatic rings. The Kier molecular flexibility index (Phi) is 3.60. The molecule has 1 aromatic carbocycles. The first-order valence-corrected chi connectivity index (χ1v) is 6.17. The van der Waals surface area contributed by atoms with Crippen LogP contribution in [-0.4, -0.2) is 18.3 Å². The van der Waals surface area contributed by atoms with Crippen LogP contribution >= 0.6 is 11.6 Å². The minimum Gasteiger partial charge on any atom is -0.504 e. The molecule has 0 atom stereocenters. The fourth-order valence-corrected chi connectivity index (χ4v) is 2.78. The van der Waals surface area contributed by atoms with Crippen molar-refractivity contribution in [2.45, 2.75) is 31.2 Å². The minimum absolute atomic E-state index is 0.00259. The molecule has 0 unspecified atom stereocenters. The second kappa shape index (κ2) is 5.01. The summed E-state index contributed by atoms with van der Waals surface area (Å²) in [6.07, 6.45) is 4.94. The van der Waals surface area contributed by atoms with Crippen LogP contribution in [-0.2, 0) is 10.3 Å². The van der Waals surface area contributed by atoms with Crippen LogP contribution in [0.25, 0.3) is 0 Å². The van der Waals surface area contributed by atoms with E-state index in [-0.39, 0.29) is 5.75 Å². The van der Waals surface area contributed by atoms with Crippen molar-refractivity contribution in [1.29, 1.82) is 0 Å². The van der Waals surface area contributed by atoms with Crippen LogP contribution in [0.4, 0.5) is 0 Å². The van der Waals surface area contributed by atoms with Gasteiger partial charge in [0.05, 0.1) is 7.11 Å². The lowest BCUT2D eigenvalue weighted by molar-refractivity contribution is 0.355. The van der Waals surface area contributed by atoms with Crippen LogP contribution in [0.15, 0.2) is 17.1 Å². The summed E-state index contributed by atoms with van der Waals surface area (Å²) in [4.78, 5) is 14.6. The zero-order valence-electron chi connectivity index (χ0n) is 10.1. The molecule has 4 nitrogen and oxygen atoms in total. The van der Waals surface area contributed by atoms with E-state index in [0.29, 0.717) is 29.2 Å². The van der Waals surface area contributed by atoms with Gasteiger partial charge in [0.1, 0.15) is 5.54 Å². The Balaban J connectivity index is 2.61. The first kappa shape index (κ1) is 12.9. The monoisotopic (exact) mass is 267 g/mol. The van der Waals surface area contributed by atoms with Gasteiger partial charge in [-0.3, -0.25) is 0 Å². The molecule has 96 valence electrons. The van der Waals surface area contributed by atoms with Crippen molar-refractivity contribution in [3.8, 4) is 11.5 Å². The van der Waals surface area contributed by atoms with Gasteiger partial charge in [0.2, 0.25) is 6.08 Å². The molecule has 5 heteroatoms. The number of aliphatic imine (C=N–C) groups is 1. The number of phenolic OH excluding ortho intramolecular Hbond substituents is 1. The molecular formula is C13H14ClNO3. The van der Waals surface area contributed by atoms with Gasteiger partial charge in [-0.2, -0.15) is 4.99 Å². The Labute approximate surface area is 110 Å². The second-order valence-corrected chi connectivity index (χ2v) is 4.88. The SMILES string of the molecule is COc1cc(Cl)cc(C2(N=C=O)CCCC2)c1O. The summed E-state index contributed by atoms with van der Waals surface area (Å²) in [5.74, 6) is 0.299. The number of nitrogens with zero attached hydrogens (tertiary/aromatic N) is 1. The van der Waals surface area contributed by atoms with Crippen molar-refractivity contribution in [3.63, 3.8) is 0 Å². The maximum Gasteiger partial charge on any atom is 0.235 e. The van der Waals surface area contributed by atoms with Crippen molar-refractivity contribution >= 4 is 17.7 Å². The van der Waals surface area contributed by atoms with Crippen LogP contribution in [0.3, 0.4) is 0 Å². The summed E-state index contributed by atoms with van der Waals surface area (Å²) in [5, 5.41) is 10.6. The summed E-state index contributed by atoms with van der Waals surface area (Å²) in [5.41, 5.74) is -0.156. The number of hydrogen-bond donors (Lipinski definition) is 1. The highest BCUT2D eigenvalue weighted by Crippen LogP contribution is 2.48. The molecule has 1 saturated carbocycles. The van der Waals surface area contributed by atoms with Gasteiger partial charge in [0, 0.05) is 16.7 Å². The molecule has 0 radical (unpaired) electrons. The summed E-state index contributed by atoms with van der Waals surface area (Å²) < 4.78 is 5.07. The van der Waals surface area contributed by atoms with E-state index >= 15 is 0 Å². The van der Waals surface area contributed by atoms with Gasteiger partial charge < -0.3 is 9.84 Å². The average molecular weight is 268 g/mol. The van der Waals surface area contributed by atoms with E-state index < -0.39 is 5.54 Å². The maximum absolute atomic E-state index is 10.7. The topological polar surface area (TPSA) is 58.9 Å². The Morgan fingerprint density at radius 3 is 2.67 bits per heavy atom. The molecule has 1 aliphatic rings. The smallest absolute Gasteiger partial charge is 0.235 e. The van der Waals surface area contributed by atoms with Gasteiger partial charge in [-0.25, -0.2) is 4.79 Å². The predicted octanol–water partition coefficient (Wildman–Crippen LogP) is 3.16.